The van der Waals surface area contributed by atoms with E-state index >= 15 is 0 Å². The van der Waals surface area contributed by atoms with E-state index in [0.29, 0.717) is 0 Å². The zero-order chi connectivity index (χ0) is 20.1. The van der Waals surface area contributed by atoms with Gasteiger partial charge in [0.1, 0.15) is 11.3 Å². The molecule has 0 bridgehead atoms. The van der Waals surface area contributed by atoms with Gasteiger partial charge in [-0.1, -0.05) is 0 Å². The summed E-state index contributed by atoms with van der Waals surface area (Å²) in [5, 5.41) is 9.75. The smallest absolute Gasteiger partial charge is 0.138 e. The molecule has 0 aliphatic rings. The fraction of sp³-hybridized carbons (Fsp3) is 0.0435. The minimum absolute atomic E-state index is 0.851. The standard InChI is InChI=1S/C23H16N6S/c1-13-4-5-21(30-13)15-6-8-25-23-16(15)9-19(27-23)22-17-10-18(14-3-2-7-24-11-14)26-12-20(17)28-29-22/h2-12H,1H3,(H,25,27)(H,28,29). The number of nitrogens with zero attached hydrogens (tertiary/aromatic N) is 4. The van der Waals surface area contributed by atoms with Crippen LogP contribution in [0.25, 0.3) is 55.0 Å². The van der Waals surface area contributed by atoms with Gasteiger partial charge in [0.2, 0.25) is 0 Å². The first kappa shape index (κ1) is 17.1. The molecule has 0 aromatic carbocycles. The van der Waals surface area contributed by atoms with Crippen LogP contribution >= 0.6 is 11.3 Å². The average molecular weight is 408 g/mol. The number of thiophene rings is 1. The van der Waals surface area contributed by atoms with Gasteiger partial charge in [-0.3, -0.25) is 15.1 Å². The summed E-state index contributed by atoms with van der Waals surface area (Å²) in [5.41, 5.74) is 6.53. The Balaban J connectivity index is 1.52. The molecule has 0 fully saturated rings. The van der Waals surface area contributed by atoms with Crippen LogP contribution in [0.5, 0.6) is 0 Å². The Labute approximate surface area is 175 Å². The zero-order valence-electron chi connectivity index (χ0n) is 16.0. The SMILES string of the molecule is Cc1ccc(-c2ccnc3[nH]c(-c4n[nH]c5cnc(-c6cccnc6)cc45)cc23)s1. The molecule has 6 nitrogen and oxygen atoms in total. The maximum Gasteiger partial charge on any atom is 0.138 e. The Bertz CT molecular complexity index is 1510. The largest absolute Gasteiger partial charge is 0.338 e. The number of nitrogens with one attached hydrogen (secondary N) is 2. The van der Waals surface area contributed by atoms with Crippen molar-refractivity contribution in [2.45, 2.75) is 6.92 Å². The molecule has 0 saturated heterocycles. The van der Waals surface area contributed by atoms with Crippen molar-refractivity contribution in [2.24, 2.45) is 0 Å². The summed E-state index contributed by atoms with van der Waals surface area (Å²) in [7, 11) is 0. The fourth-order valence-corrected chi connectivity index (χ4v) is 4.65. The molecule has 6 aromatic rings. The lowest BCUT2D eigenvalue weighted by Crippen LogP contribution is -1.85. The molecule has 6 aromatic heterocycles. The van der Waals surface area contributed by atoms with Gasteiger partial charge in [0.15, 0.2) is 0 Å². The Hall–Kier alpha value is -3.84. The topological polar surface area (TPSA) is 83.1 Å². The van der Waals surface area contributed by atoms with Crippen LogP contribution in [0.15, 0.2) is 67.3 Å². The van der Waals surface area contributed by atoms with E-state index in [1.807, 2.05) is 36.8 Å². The van der Waals surface area contributed by atoms with E-state index < -0.39 is 0 Å². The number of aromatic nitrogens is 6. The predicted octanol–water partition coefficient (Wildman–Crippen LogP) is 5.60. The number of aromatic amines is 2. The lowest BCUT2D eigenvalue weighted by atomic mass is 10.1. The molecule has 2 N–H and O–H groups in total. The van der Waals surface area contributed by atoms with E-state index in [4.69, 9.17) is 0 Å². The van der Waals surface area contributed by atoms with Crippen LogP contribution in [0.1, 0.15) is 4.88 Å². The summed E-state index contributed by atoms with van der Waals surface area (Å²) in [5.74, 6) is 0. The molecular formula is C23H16N6S. The minimum atomic E-state index is 0.851. The van der Waals surface area contributed by atoms with E-state index in [9.17, 15) is 0 Å². The van der Waals surface area contributed by atoms with Crippen molar-refractivity contribution >= 4 is 33.3 Å². The lowest BCUT2D eigenvalue weighted by molar-refractivity contribution is 1.11. The van der Waals surface area contributed by atoms with Crippen molar-refractivity contribution in [1.82, 2.24) is 30.1 Å². The van der Waals surface area contributed by atoms with E-state index in [1.54, 1.807) is 17.5 Å². The molecule has 0 saturated carbocycles. The van der Waals surface area contributed by atoms with Gasteiger partial charge in [-0.25, -0.2) is 4.98 Å². The Morgan fingerprint density at radius 1 is 0.933 bits per heavy atom. The van der Waals surface area contributed by atoms with Gasteiger partial charge in [-0.2, -0.15) is 5.10 Å². The zero-order valence-corrected chi connectivity index (χ0v) is 16.9. The van der Waals surface area contributed by atoms with Gasteiger partial charge >= 0.3 is 0 Å². The maximum absolute atomic E-state index is 4.57. The first-order chi connectivity index (χ1) is 14.8. The van der Waals surface area contributed by atoms with Crippen LogP contribution in [0.4, 0.5) is 0 Å². The van der Waals surface area contributed by atoms with Crippen molar-refractivity contribution in [1.29, 1.82) is 0 Å². The van der Waals surface area contributed by atoms with Crippen LogP contribution < -0.4 is 0 Å². The second-order valence-electron chi connectivity index (χ2n) is 7.14. The summed E-state index contributed by atoms with van der Waals surface area (Å²) < 4.78 is 0. The van der Waals surface area contributed by atoms with Crippen LogP contribution in [-0.2, 0) is 0 Å². The Morgan fingerprint density at radius 3 is 2.73 bits per heavy atom. The summed E-state index contributed by atoms with van der Waals surface area (Å²) in [6.45, 7) is 2.12. The van der Waals surface area contributed by atoms with Crippen molar-refractivity contribution < 1.29 is 0 Å². The molecule has 0 unspecified atom stereocenters. The fourth-order valence-electron chi connectivity index (χ4n) is 3.74. The molecular weight excluding hydrogens is 392 g/mol. The lowest BCUT2D eigenvalue weighted by Gasteiger charge is -2.00. The number of hydrogen-bond donors (Lipinski definition) is 2. The molecule has 0 aliphatic carbocycles. The van der Waals surface area contributed by atoms with Gasteiger partial charge in [-0.05, 0) is 49.4 Å². The summed E-state index contributed by atoms with van der Waals surface area (Å²) in [6.07, 6.45) is 7.24. The average Bonchev–Trinajstić information content (AvgIpc) is 3.51. The Kier molecular flexibility index (Phi) is 3.75. The highest BCUT2D eigenvalue weighted by atomic mass is 32.1. The highest BCUT2D eigenvalue weighted by Crippen LogP contribution is 2.36. The molecule has 6 heterocycles. The number of hydrogen-bond acceptors (Lipinski definition) is 5. The van der Waals surface area contributed by atoms with Gasteiger partial charge < -0.3 is 4.98 Å². The second-order valence-corrected chi connectivity index (χ2v) is 8.43. The third kappa shape index (κ3) is 2.71. The first-order valence-electron chi connectivity index (χ1n) is 9.56. The number of fused-ring (bicyclic) bond motifs is 2. The third-order valence-electron chi connectivity index (χ3n) is 5.20. The highest BCUT2D eigenvalue weighted by molar-refractivity contribution is 7.15. The number of pyridine rings is 3. The normalized spacial score (nSPS) is 11.5. The highest BCUT2D eigenvalue weighted by Gasteiger charge is 2.15. The van der Waals surface area contributed by atoms with Gasteiger partial charge in [0.25, 0.3) is 0 Å². The third-order valence-corrected chi connectivity index (χ3v) is 6.23. The molecule has 6 rings (SSSR count). The van der Waals surface area contributed by atoms with Gasteiger partial charge in [0.05, 0.1) is 23.1 Å². The van der Waals surface area contributed by atoms with Crippen molar-refractivity contribution in [3.63, 3.8) is 0 Å². The van der Waals surface area contributed by atoms with Crippen LogP contribution in [0.2, 0.25) is 0 Å². The van der Waals surface area contributed by atoms with Gasteiger partial charge in [0, 0.05) is 50.2 Å². The van der Waals surface area contributed by atoms with E-state index in [-0.39, 0.29) is 0 Å². The summed E-state index contributed by atoms with van der Waals surface area (Å²) in [4.78, 5) is 19.3. The molecule has 0 radical (unpaired) electrons. The monoisotopic (exact) mass is 408 g/mol. The van der Waals surface area contributed by atoms with Crippen LogP contribution in [0, 0.1) is 6.92 Å². The van der Waals surface area contributed by atoms with Crippen molar-refractivity contribution in [2.75, 3.05) is 0 Å². The maximum atomic E-state index is 4.57. The van der Waals surface area contributed by atoms with E-state index in [1.165, 1.54) is 15.3 Å². The van der Waals surface area contributed by atoms with Gasteiger partial charge in [-0.15, -0.1) is 11.3 Å². The molecule has 0 spiro atoms. The molecule has 7 heteroatoms. The number of aryl methyl sites for hydroxylation is 1. The summed E-state index contributed by atoms with van der Waals surface area (Å²) >= 11 is 1.79. The molecule has 0 amide bonds. The molecule has 0 atom stereocenters. The Morgan fingerprint density at radius 2 is 1.90 bits per heavy atom. The quantitative estimate of drug-likeness (QED) is 0.399. The molecule has 144 valence electrons. The molecule has 0 aliphatic heterocycles. The van der Waals surface area contributed by atoms with Crippen LogP contribution in [0.3, 0.4) is 0 Å². The number of rotatable bonds is 3. The number of H-pyrrole nitrogens is 2. The first-order valence-corrected chi connectivity index (χ1v) is 10.4. The van der Waals surface area contributed by atoms with E-state index in [2.05, 4.69) is 61.3 Å². The van der Waals surface area contributed by atoms with Crippen molar-refractivity contribution in [3.05, 3.63) is 72.1 Å². The predicted molar refractivity (Wildman–Crippen MR) is 120 cm³/mol. The van der Waals surface area contributed by atoms with E-state index in [0.717, 1.165) is 44.6 Å². The van der Waals surface area contributed by atoms with Crippen molar-refractivity contribution in [3.8, 4) is 33.1 Å². The summed E-state index contributed by atoms with van der Waals surface area (Å²) in [6, 6.07) is 14.5. The molecule has 30 heavy (non-hydrogen) atoms. The second kappa shape index (κ2) is 6.60. The van der Waals surface area contributed by atoms with Crippen LogP contribution in [-0.4, -0.2) is 30.1 Å². The minimum Gasteiger partial charge on any atom is -0.338 e.